The molecule has 1 saturated heterocycles. The van der Waals surface area contributed by atoms with E-state index in [0.29, 0.717) is 5.56 Å². The van der Waals surface area contributed by atoms with E-state index in [1.54, 1.807) is 30.3 Å². The van der Waals surface area contributed by atoms with Crippen LogP contribution in [0.3, 0.4) is 0 Å². The first-order chi connectivity index (χ1) is 12.8. The molecule has 0 aromatic heterocycles. The number of nitrogens with one attached hydrogen (secondary N) is 2. The average Bonchev–Trinajstić information content (AvgIpc) is 2.63. The number of nitrogens with zero attached hydrogens (tertiary/aromatic N) is 2. The molecule has 0 saturated carbocycles. The maximum atomic E-state index is 12.5. The fourth-order valence-corrected chi connectivity index (χ4v) is 3.32. The Balaban J connectivity index is 2.31. The first-order valence-electron chi connectivity index (χ1n) is 7.90. The molecule has 1 amide bonds. The maximum Gasteiger partial charge on any atom is 0.264 e. The largest absolute Gasteiger partial charge is 0.387 e. The van der Waals surface area contributed by atoms with E-state index in [4.69, 9.17) is 19.2 Å². The number of ether oxygens (including phenoxy) is 2. The van der Waals surface area contributed by atoms with E-state index >= 15 is 0 Å². The molecule has 1 heterocycles. The Kier molecular flexibility index (Phi) is 7.13. The highest BCUT2D eigenvalue weighted by Gasteiger charge is 2.49. The van der Waals surface area contributed by atoms with Crippen LogP contribution in [0.4, 0.5) is 0 Å². The zero-order valence-electron chi connectivity index (χ0n) is 14.7. The minimum atomic E-state index is -3.98. The smallest absolute Gasteiger partial charge is 0.264 e. The zero-order chi connectivity index (χ0) is 20.0. The third-order valence-corrected chi connectivity index (χ3v) is 4.43. The molecule has 1 aromatic carbocycles. The van der Waals surface area contributed by atoms with Gasteiger partial charge < -0.3 is 19.9 Å². The van der Waals surface area contributed by atoms with Crippen LogP contribution in [0.2, 0.25) is 0 Å². The van der Waals surface area contributed by atoms with E-state index in [-0.39, 0.29) is 6.54 Å². The Morgan fingerprint density at radius 3 is 2.63 bits per heavy atom. The number of aliphatic hydroxyl groups excluding tert-OH is 1. The van der Waals surface area contributed by atoms with Crippen molar-refractivity contribution in [3.63, 3.8) is 0 Å². The van der Waals surface area contributed by atoms with Crippen LogP contribution in [0.15, 0.2) is 35.4 Å². The van der Waals surface area contributed by atoms with Crippen LogP contribution in [0.1, 0.15) is 10.4 Å². The molecule has 1 aliphatic rings. The fourth-order valence-electron chi connectivity index (χ4n) is 2.68. The van der Waals surface area contributed by atoms with Crippen molar-refractivity contribution < 1.29 is 32.0 Å². The molecule has 11 nitrogen and oxygen atoms in total. The van der Waals surface area contributed by atoms with Crippen molar-refractivity contribution in [3.05, 3.63) is 35.9 Å². The number of amides is 1. The summed E-state index contributed by atoms with van der Waals surface area (Å²) in [5, 5.41) is 16.5. The van der Waals surface area contributed by atoms with Crippen molar-refractivity contribution in [2.45, 2.75) is 30.6 Å². The van der Waals surface area contributed by atoms with Gasteiger partial charge in [-0.3, -0.25) is 8.98 Å². The SMILES string of the molecule is COC1OC(CN=[N+]=N)C(O)[C@H](OS(C)(=O)=O)C1NC(=O)c1ccccc1. The van der Waals surface area contributed by atoms with Crippen molar-refractivity contribution in [1.82, 2.24) is 10.2 Å². The van der Waals surface area contributed by atoms with E-state index < -0.39 is 46.7 Å². The van der Waals surface area contributed by atoms with E-state index in [1.807, 2.05) is 0 Å². The monoisotopic (exact) mass is 401 g/mol. The molecule has 12 heteroatoms. The fraction of sp³-hybridized carbons (Fsp3) is 0.533. The van der Waals surface area contributed by atoms with Gasteiger partial charge in [-0.1, -0.05) is 18.2 Å². The average molecular weight is 401 g/mol. The summed E-state index contributed by atoms with van der Waals surface area (Å²) in [6.45, 7) is -0.215. The zero-order valence-corrected chi connectivity index (χ0v) is 15.5. The van der Waals surface area contributed by atoms with Gasteiger partial charge in [0.05, 0.1) is 6.26 Å². The van der Waals surface area contributed by atoms with Crippen molar-refractivity contribution in [2.24, 2.45) is 5.11 Å². The number of carbonyl (C=O) groups is 1. The highest BCUT2D eigenvalue weighted by Crippen LogP contribution is 2.26. The molecular formula is C15H21N4O7S+. The lowest BCUT2D eigenvalue weighted by Gasteiger charge is -2.42. The van der Waals surface area contributed by atoms with Crippen LogP contribution in [-0.2, 0) is 23.8 Å². The third kappa shape index (κ3) is 5.63. The highest BCUT2D eigenvalue weighted by molar-refractivity contribution is 7.86. The van der Waals surface area contributed by atoms with Crippen LogP contribution in [0.5, 0.6) is 0 Å². The highest BCUT2D eigenvalue weighted by atomic mass is 32.2. The normalized spacial score (nSPS) is 28.2. The number of rotatable bonds is 7. The van der Waals surface area contributed by atoms with Gasteiger partial charge >= 0.3 is 0 Å². The number of methoxy groups -OCH3 is 1. The molecule has 1 aromatic rings. The Hall–Kier alpha value is -2.21. The number of hydrogen-bond acceptors (Lipinski definition) is 9. The summed E-state index contributed by atoms with van der Waals surface area (Å²) < 4.78 is 39.1. The molecule has 148 valence electrons. The molecule has 2 rings (SSSR count). The first kappa shape index (κ1) is 21.1. The van der Waals surface area contributed by atoms with Gasteiger partial charge in [-0.25, -0.2) is 0 Å². The van der Waals surface area contributed by atoms with Crippen LogP contribution in [0, 0.1) is 5.53 Å². The maximum absolute atomic E-state index is 12.5. The molecule has 27 heavy (non-hydrogen) atoms. The van der Waals surface area contributed by atoms with Gasteiger partial charge in [0.2, 0.25) is 4.91 Å². The summed E-state index contributed by atoms with van der Waals surface area (Å²) in [5.41, 5.74) is 7.03. The predicted octanol–water partition coefficient (Wildman–Crippen LogP) is -0.588. The van der Waals surface area contributed by atoms with Gasteiger partial charge in [0.1, 0.15) is 35.0 Å². The molecule has 1 aliphatic heterocycles. The molecule has 0 bridgehead atoms. The number of aliphatic hydroxyl groups is 1. The predicted molar refractivity (Wildman–Crippen MR) is 91.2 cm³/mol. The van der Waals surface area contributed by atoms with E-state index in [1.165, 1.54) is 7.11 Å². The topological polar surface area (TPSA) is 161 Å². The second-order valence-electron chi connectivity index (χ2n) is 5.82. The lowest BCUT2D eigenvalue weighted by Crippen LogP contribution is -2.65. The van der Waals surface area contributed by atoms with E-state index in [9.17, 15) is 18.3 Å². The second kappa shape index (κ2) is 9.13. The molecule has 5 atom stereocenters. The molecule has 1 fully saturated rings. The van der Waals surface area contributed by atoms with Crippen LogP contribution in [0.25, 0.3) is 0 Å². The van der Waals surface area contributed by atoms with Crippen LogP contribution >= 0.6 is 0 Å². The molecule has 0 radical (unpaired) electrons. The van der Waals surface area contributed by atoms with Crippen molar-refractivity contribution in [3.8, 4) is 0 Å². The lowest BCUT2D eigenvalue weighted by molar-refractivity contribution is -0.247. The van der Waals surface area contributed by atoms with E-state index in [0.717, 1.165) is 6.26 Å². The molecule has 3 N–H and O–H groups in total. The summed E-state index contributed by atoms with van der Waals surface area (Å²) >= 11 is 0. The van der Waals surface area contributed by atoms with Gasteiger partial charge in [-0.05, 0) is 12.1 Å². The van der Waals surface area contributed by atoms with Gasteiger partial charge in [0.15, 0.2) is 12.8 Å². The molecule has 0 spiro atoms. The molecule has 0 aliphatic carbocycles. The number of benzene rings is 1. The van der Waals surface area contributed by atoms with Crippen molar-refractivity contribution in [1.29, 1.82) is 5.53 Å². The van der Waals surface area contributed by atoms with Gasteiger partial charge in [-0.15, -0.1) is 0 Å². The Morgan fingerprint density at radius 2 is 2.07 bits per heavy atom. The van der Waals surface area contributed by atoms with E-state index in [2.05, 4.69) is 15.3 Å². The minimum absolute atomic E-state index is 0.215. The van der Waals surface area contributed by atoms with Crippen LogP contribution < -0.4 is 10.2 Å². The summed E-state index contributed by atoms with van der Waals surface area (Å²) in [7, 11) is -2.68. The van der Waals surface area contributed by atoms with Gasteiger partial charge in [0, 0.05) is 12.7 Å². The quantitative estimate of drug-likeness (QED) is 0.312. The van der Waals surface area contributed by atoms with Crippen molar-refractivity contribution >= 4 is 16.0 Å². The standard InChI is InChI=1S/C15H20N4O7S/c1-24-15-11(18-14(21)9-6-4-3-5-7-9)13(26-27(2,22)23)12(20)10(25-15)8-17-19-16/h3-7,10-13,15-16,20H,8H2,1-2H3/p+1/t10?,11?,12?,13-,15?/m1/s1. The molecule has 4 unspecified atom stereocenters. The Labute approximate surface area is 156 Å². The first-order valence-corrected chi connectivity index (χ1v) is 9.72. The minimum Gasteiger partial charge on any atom is -0.387 e. The number of carbonyl (C=O) groups excluding carboxylic acids is 1. The van der Waals surface area contributed by atoms with Gasteiger partial charge in [-0.2, -0.15) is 8.42 Å². The third-order valence-electron chi connectivity index (χ3n) is 3.86. The Morgan fingerprint density at radius 1 is 1.41 bits per heavy atom. The number of hydrogen-bond donors (Lipinski definition) is 3. The van der Waals surface area contributed by atoms with Crippen molar-refractivity contribution in [2.75, 3.05) is 19.9 Å². The summed E-state index contributed by atoms with van der Waals surface area (Å²) in [5.74, 6) is -0.523. The summed E-state index contributed by atoms with van der Waals surface area (Å²) in [6, 6.07) is 7.09. The summed E-state index contributed by atoms with van der Waals surface area (Å²) in [6.07, 6.45) is -4.21. The second-order valence-corrected chi connectivity index (χ2v) is 7.42. The van der Waals surface area contributed by atoms with Gasteiger partial charge in [0.25, 0.3) is 16.0 Å². The lowest BCUT2D eigenvalue weighted by atomic mass is 9.96. The summed E-state index contributed by atoms with van der Waals surface area (Å²) in [4.78, 5) is 15.3. The Bertz CT molecular complexity index is 798. The van der Waals surface area contributed by atoms with Crippen LogP contribution in [-0.4, -0.2) is 70.0 Å². The molecular weight excluding hydrogens is 380 g/mol.